The number of carbonyl (C=O) groups is 2. The minimum atomic E-state index is -0.00315. The molecule has 2 bridgehead atoms. The van der Waals surface area contributed by atoms with Crippen LogP contribution in [-0.4, -0.2) is 33.5 Å². The molecule has 0 aromatic rings. The quantitative estimate of drug-likeness (QED) is 0.391. The second-order valence-electron chi connectivity index (χ2n) is 5.18. The van der Waals surface area contributed by atoms with Gasteiger partial charge in [0.2, 0.25) is 11.8 Å². The van der Waals surface area contributed by atoms with E-state index in [9.17, 15) is 9.59 Å². The molecule has 0 aromatic heterocycles. The number of carbonyl (C=O) groups excluding carboxylic acids is 2. The number of rotatable bonds is 3. The lowest BCUT2D eigenvalue weighted by Crippen LogP contribution is -2.33. The van der Waals surface area contributed by atoms with E-state index in [1.54, 1.807) is 4.90 Å². The topological polar surface area (TPSA) is 37.4 Å². The molecule has 3 aliphatic rings. The molecule has 2 aliphatic carbocycles. The minimum absolute atomic E-state index is 0.00315. The zero-order valence-corrected chi connectivity index (χ0v) is 11.6. The predicted octanol–water partition coefficient (Wildman–Crippen LogP) is -0.0327. The summed E-state index contributed by atoms with van der Waals surface area (Å²) in [5.74, 6) is 0.928. The molecule has 2 fully saturated rings. The molecule has 0 aromatic carbocycles. The maximum Gasteiger partial charge on any atom is 0.233 e. The summed E-state index contributed by atoms with van der Waals surface area (Å²) in [4.78, 5) is 25.9. The van der Waals surface area contributed by atoms with Crippen molar-refractivity contribution in [1.82, 2.24) is 4.90 Å². The zero-order chi connectivity index (χ0) is 11.3. The van der Waals surface area contributed by atoms with E-state index in [0.29, 0.717) is 18.4 Å². The molecule has 1 heterocycles. The lowest BCUT2D eigenvalue weighted by molar-refractivity contribution is -0.140. The summed E-state index contributed by atoms with van der Waals surface area (Å²) >= 11 is 0. The molecule has 16 heavy (non-hydrogen) atoms. The van der Waals surface area contributed by atoms with Crippen molar-refractivity contribution in [2.75, 3.05) is 6.54 Å². The Labute approximate surface area is 98.3 Å². The maximum absolute atomic E-state index is 12.2. The molecule has 86 valence electrons. The Hall–Kier alpha value is -0.903. The van der Waals surface area contributed by atoms with Gasteiger partial charge in [-0.25, -0.2) is 0 Å². The summed E-state index contributed by atoms with van der Waals surface area (Å²) in [5.41, 5.74) is 0. The van der Waals surface area contributed by atoms with E-state index >= 15 is 0 Å². The lowest BCUT2D eigenvalue weighted by Gasteiger charge is -2.16. The number of nitrogens with zero attached hydrogens (tertiary/aromatic N) is 1. The molecule has 0 spiro atoms. The van der Waals surface area contributed by atoms with Crippen LogP contribution in [0.15, 0.2) is 12.2 Å². The van der Waals surface area contributed by atoms with Crippen LogP contribution in [-0.2, 0) is 9.59 Å². The van der Waals surface area contributed by atoms with Gasteiger partial charge >= 0.3 is 0 Å². The molecule has 1 aliphatic heterocycles. The fourth-order valence-electron chi connectivity index (χ4n) is 3.50. The van der Waals surface area contributed by atoms with Gasteiger partial charge in [0.05, 0.1) is 11.8 Å². The van der Waals surface area contributed by atoms with E-state index in [4.69, 9.17) is 0 Å². The molecule has 4 unspecified atom stereocenters. The number of allylic oxidation sites excluding steroid dienone is 2. The third kappa shape index (κ3) is 1.19. The van der Waals surface area contributed by atoms with Crippen LogP contribution in [0.1, 0.15) is 12.8 Å². The first kappa shape index (κ1) is 10.3. The van der Waals surface area contributed by atoms with E-state index in [1.165, 1.54) is 0 Å². The smallest absolute Gasteiger partial charge is 0.233 e. The van der Waals surface area contributed by atoms with Crippen LogP contribution in [0.2, 0.25) is 6.04 Å². The van der Waals surface area contributed by atoms with Crippen LogP contribution in [0.4, 0.5) is 0 Å². The number of hydrogen-bond acceptors (Lipinski definition) is 2. The van der Waals surface area contributed by atoms with E-state index < -0.39 is 0 Å². The van der Waals surface area contributed by atoms with Crippen LogP contribution in [0, 0.1) is 23.7 Å². The van der Waals surface area contributed by atoms with Gasteiger partial charge in [0, 0.05) is 16.8 Å². The Kier molecular flexibility index (Phi) is 2.28. The van der Waals surface area contributed by atoms with Gasteiger partial charge in [-0.05, 0) is 24.7 Å². The van der Waals surface area contributed by atoms with E-state index in [2.05, 4.69) is 12.2 Å². The lowest BCUT2D eigenvalue weighted by atomic mass is 9.85. The minimum Gasteiger partial charge on any atom is -0.282 e. The Balaban J connectivity index is 1.83. The number of imide groups is 1. The molecule has 3 nitrogen and oxygen atoms in total. The summed E-state index contributed by atoms with van der Waals surface area (Å²) in [6, 6.07) is 1.16. The molecule has 0 N–H and O–H groups in total. The first-order valence-corrected chi connectivity index (χ1v) is 7.69. The van der Waals surface area contributed by atoms with Gasteiger partial charge in [0.15, 0.2) is 0 Å². The van der Waals surface area contributed by atoms with Crippen molar-refractivity contribution in [2.24, 2.45) is 23.7 Å². The number of likely N-dealkylation sites (tertiary alicyclic amines) is 1. The van der Waals surface area contributed by atoms with Crippen LogP contribution in [0.3, 0.4) is 0 Å². The molecule has 1 saturated carbocycles. The average Bonchev–Trinajstić information content (AvgIpc) is 2.92. The van der Waals surface area contributed by atoms with Crippen molar-refractivity contribution < 1.29 is 9.59 Å². The summed E-state index contributed by atoms with van der Waals surface area (Å²) in [6.45, 7) is 0.660. The van der Waals surface area contributed by atoms with Crippen LogP contribution >= 0.6 is 0 Å². The first-order valence-electron chi connectivity index (χ1n) is 6.27. The molecular weight excluding hydrogens is 218 g/mol. The third-order valence-electron chi connectivity index (χ3n) is 4.30. The van der Waals surface area contributed by atoms with Crippen LogP contribution < -0.4 is 0 Å². The van der Waals surface area contributed by atoms with Gasteiger partial charge in [-0.1, -0.05) is 18.2 Å². The van der Waals surface area contributed by atoms with Gasteiger partial charge < -0.3 is 0 Å². The van der Waals surface area contributed by atoms with Crippen molar-refractivity contribution in [1.29, 1.82) is 0 Å². The Morgan fingerprint density at radius 2 is 1.75 bits per heavy atom. The second-order valence-corrected chi connectivity index (χ2v) is 6.18. The first-order chi connectivity index (χ1) is 7.74. The van der Waals surface area contributed by atoms with Gasteiger partial charge in [0.25, 0.3) is 0 Å². The predicted molar refractivity (Wildman–Crippen MR) is 63.8 cm³/mol. The summed E-state index contributed by atoms with van der Waals surface area (Å²) in [5, 5.41) is 0. The average molecular weight is 235 g/mol. The van der Waals surface area contributed by atoms with Crippen molar-refractivity contribution in [2.45, 2.75) is 18.9 Å². The molecule has 2 amide bonds. The van der Waals surface area contributed by atoms with Crippen molar-refractivity contribution in [3.05, 3.63) is 12.2 Å². The van der Waals surface area contributed by atoms with Gasteiger partial charge in [-0.3, -0.25) is 14.5 Å². The SMILES string of the molecule is O=C1C2C3C=CC(C3)C2C(=O)N1CCC[SiH3]. The van der Waals surface area contributed by atoms with E-state index in [1.807, 2.05) is 0 Å². The Bertz CT molecular complexity index is 349. The summed E-state index contributed by atoms with van der Waals surface area (Å²) < 4.78 is 0. The van der Waals surface area contributed by atoms with Crippen molar-refractivity contribution in [3.63, 3.8) is 0 Å². The fourth-order valence-corrected chi connectivity index (χ4v) is 3.82. The Morgan fingerprint density at radius 3 is 2.25 bits per heavy atom. The summed E-state index contributed by atoms with van der Waals surface area (Å²) in [6.07, 6.45) is 6.31. The second kappa shape index (κ2) is 3.55. The van der Waals surface area contributed by atoms with Gasteiger partial charge in [-0.2, -0.15) is 0 Å². The Morgan fingerprint density at radius 1 is 1.19 bits per heavy atom. The molecular formula is C12H17NO2Si. The van der Waals surface area contributed by atoms with E-state index in [-0.39, 0.29) is 23.7 Å². The van der Waals surface area contributed by atoms with Crippen molar-refractivity contribution >= 4 is 22.1 Å². The molecule has 4 heteroatoms. The molecule has 0 radical (unpaired) electrons. The van der Waals surface area contributed by atoms with Crippen LogP contribution in [0.25, 0.3) is 0 Å². The fraction of sp³-hybridized carbons (Fsp3) is 0.667. The van der Waals surface area contributed by atoms with Gasteiger partial charge in [0.1, 0.15) is 0 Å². The number of hydrogen-bond donors (Lipinski definition) is 0. The van der Waals surface area contributed by atoms with E-state index in [0.717, 1.165) is 29.1 Å². The number of amides is 2. The number of fused-ring (bicyclic) bond motifs is 5. The molecule has 4 atom stereocenters. The van der Waals surface area contributed by atoms with Gasteiger partial charge in [-0.15, -0.1) is 0 Å². The third-order valence-corrected chi connectivity index (χ3v) is 5.00. The highest BCUT2D eigenvalue weighted by molar-refractivity contribution is 6.08. The largest absolute Gasteiger partial charge is 0.282 e. The highest BCUT2D eigenvalue weighted by atomic mass is 28.1. The normalized spacial score (nSPS) is 40.1. The standard InChI is InChI=1S/C12H17NO2Si/c14-11-9-7-2-3-8(6-7)10(9)12(15)13(11)4-1-5-16/h2-3,7-10H,1,4-6H2,16H3. The summed E-state index contributed by atoms with van der Waals surface area (Å²) in [7, 11) is 1.15. The highest BCUT2D eigenvalue weighted by Crippen LogP contribution is 2.52. The molecule has 1 saturated heterocycles. The maximum atomic E-state index is 12.2. The molecule has 3 rings (SSSR count). The highest BCUT2D eigenvalue weighted by Gasteiger charge is 2.58. The zero-order valence-electron chi connectivity index (χ0n) is 9.56. The monoisotopic (exact) mass is 235 g/mol. The van der Waals surface area contributed by atoms with Crippen LogP contribution in [0.5, 0.6) is 0 Å². The van der Waals surface area contributed by atoms with Crippen molar-refractivity contribution in [3.8, 4) is 0 Å².